The minimum Gasteiger partial charge on any atom is -0.377 e. The first-order valence-corrected chi connectivity index (χ1v) is 18.8. The van der Waals surface area contributed by atoms with Gasteiger partial charge in [-0.15, -0.1) is 0 Å². The van der Waals surface area contributed by atoms with E-state index in [1.807, 2.05) is 23.5 Å². The van der Waals surface area contributed by atoms with E-state index in [1.54, 1.807) is 0 Å². The van der Waals surface area contributed by atoms with Crippen LogP contribution in [0.3, 0.4) is 0 Å². The predicted molar refractivity (Wildman–Crippen MR) is 177 cm³/mol. The van der Waals surface area contributed by atoms with E-state index >= 15 is 0 Å². The van der Waals surface area contributed by atoms with E-state index in [-0.39, 0.29) is 48.0 Å². The average molecular weight is 689 g/mol. The lowest BCUT2D eigenvalue weighted by molar-refractivity contribution is -0.122. The molecule has 14 nitrogen and oxygen atoms in total. The van der Waals surface area contributed by atoms with Gasteiger partial charge in [-0.3, -0.25) is 9.59 Å². The normalized spacial score (nSPS) is 26.2. The summed E-state index contributed by atoms with van der Waals surface area (Å²) in [4.78, 5) is 47.0. The van der Waals surface area contributed by atoms with Gasteiger partial charge >= 0.3 is 12.1 Å². The fourth-order valence-corrected chi connectivity index (χ4v) is 9.10. The predicted octanol–water partition coefficient (Wildman–Crippen LogP) is 0.737. The maximum Gasteiger partial charge on any atom is 0.315 e. The molecule has 4 heterocycles. The molecule has 0 saturated carbocycles. The molecule has 0 aromatic heterocycles. The summed E-state index contributed by atoms with van der Waals surface area (Å²) in [6, 6.07) is 0.808. The van der Waals surface area contributed by atoms with E-state index in [0.717, 1.165) is 50.0 Å². The highest BCUT2D eigenvalue weighted by molar-refractivity contribution is 8.00. The molecule has 4 aliphatic rings. The Morgan fingerprint density at radius 2 is 0.978 bits per heavy atom. The second-order valence-corrected chi connectivity index (χ2v) is 14.4. The topological polar surface area (TPSA) is 177 Å². The van der Waals surface area contributed by atoms with Crippen LogP contribution in [-0.4, -0.2) is 136 Å². The van der Waals surface area contributed by atoms with Gasteiger partial charge < -0.3 is 50.8 Å². The van der Waals surface area contributed by atoms with Gasteiger partial charge in [0.1, 0.15) is 0 Å². The van der Waals surface area contributed by atoms with Gasteiger partial charge in [-0.05, 0) is 25.7 Å². The van der Waals surface area contributed by atoms with Gasteiger partial charge in [-0.1, -0.05) is 12.8 Å². The number of hydrogen-bond donors (Lipinski definition) is 6. The molecule has 46 heavy (non-hydrogen) atoms. The van der Waals surface area contributed by atoms with Crippen LogP contribution in [0.25, 0.3) is 0 Å². The molecule has 0 aromatic rings. The van der Waals surface area contributed by atoms with Crippen LogP contribution in [0.1, 0.15) is 51.4 Å². The number of carbonyl (C=O) groups is 4. The SMILES string of the molecule is O=C(CCCCC1SCC2NC(=O)NC21)NCCOCCOCCOCCOCCNC(=O)CCCCC1SCC2NC(=O)NC21. The fourth-order valence-electron chi connectivity index (χ4n) is 6.01. The Labute approximate surface area is 280 Å². The Kier molecular flexibility index (Phi) is 16.9. The lowest BCUT2D eigenvalue weighted by atomic mass is 10.0. The third-order valence-corrected chi connectivity index (χ3v) is 11.4. The van der Waals surface area contributed by atoms with Gasteiger partial charge in [0.05, 0.1) is 77.0 Å². The van der Waals surface area contributed by atoms with Crippen LogP contribution in [0.15, 0.2) is 0 Å². The van der Waals surface area contributed by atoms with Crippen molar-refractivity contribution in [2.45, 2.75) is 86.0 Å². The molecule has 262 valence electrons. The van der Waals surface area contributed by atoms with Crippen LogP contribution in [-0.2, 0) is 28.5 Å². The van der Waals surface area contributed by atoms with Crippen molar-refractivity contribution in [2.24, 2.45) is 0 Å². The lowest BCUT2D eigenvalue weighted by Crippen LogP contribution is -2.36. The second-order valence-electron chi connectivity index (χ2n) is 11.9. The van der Waals surface area contributed by atoms with Crippen molar-refractivity contribution in [3.8, 4) is 0 Å². The van der Waals surface area contributed by atoms with Crippen molar-refractivity contribution in [3.05, 3.63) is 0 Å². The zero-order valence-electron chi connectivity index (χ0n) is 26.7. The number of amides is 6. The van der Waals surface area contributed by atoms with Gasteiger partial charge in [-0.2, -0.15) is 23.5 Å². The van der Waals surface area contributed by atoms with Crippen molar-refractivity contribution in [3.63, 3.8) is 0 Å². The van der Waals surface area contributed by atoms with Gasteiger partial charge in [0.15, 0.2) is 0 Å². The number of nitrogens with one attached hydrogen (secondary N) is 6. The number of unbranched alkanes of at least 4 members (excludes halogenated alkanes) is 2. The molecule has 4 saturated heterocycles. The smallest absolute Gasteiger partial charge is 0.315 e. The second kappa shape index (κ2) is 21.1. The monoisotopic (exact) mass is 688 g/mol. The molecular formula is C30H52N6O8S2. The standard InChI is InChI=1S/C30H52N6O8S2/c37-25(7-3-1-5-23-27-21(19-45-23)33-29(39)35-27)31-9-11-41-13-15-43-17-18-44-16-14-42-12-10-32-26(38)8-4-2-6-24-28-22(20-46-24)34-30(40)36-28/h21-24,27-28H,1-20H2,(H,31,37)(H,32,38)(H2,33,35,39)(H2,34,36,40). The molecule has 6 atom stereocenters. The molecule has 6 N–H and O–H groups in total. The summed E-state index contributed by atoms with van der Waals surface area (Å²) in [6.45, 7) is 4.60. The average Bonchev–Trinajstić information content (AvgIpc) is 3.79. The summed E-state index contributed by atoms with van der Waals surface area (Å²) in [5.41, 5.74) is 0. The van der Waals surface area contributed by atoms with E-state index in [9.17, 15) is 19.2 Å². The lowest BCUT2D eigenvalue weighted by Gasteiger charge is -2.16. The molecule has 6 unspecified atom stereocenters. The zero-order valence-corrected chi connectivity index (χ0v) is 28.3. The molecule has 0 spiro atoms. The van der Waals surface area contributed by atoms with E-state index in [2.05, 4.69) is 31.9 Å². The number of rotatable bonds is 25. The van der Waals surface area contributed by atoms with E-state index in [4.69, 9.17) is 18.9 Å². The van der Waals surface area contributed by atoms with Crippen molar-refractivity contribution < 1.29 is 38.1 Å². The maximum absolute atomic E-state index is 12.0. The van der Waals surface area contributed by atoms with Crippen LogP contribution >= 0.6 is 23.5 Å². The summed E-state index contributed by atoms with van der Waals surface area (Å²) < 4.78 is 22.0. The molecule has 4 fully saturated rings. The summed E-state index contributed by atoms with van der Waals surface area (Å²) >= 11 is 3.80. The molecule has 0 radical (unpaired) electrons. The first kappa shape index (κ1) is 36.8. The Morgan fingerprint density at radius 1 is 0.587 bits per heavy atom. The quantitative estimate of drug-likeness (QED) is 0.0593. The third kappa shape index (κ3) is 13.3. The molecule has 16 heteroatoms. The van der Waals surface area contributed by atoms with Gasteiger partial charge in [0, 0.05) is 47.9 Å². The number of urea groups is 2. The number of ether oxygens (including phenoxy) is 4. The highest BCUT2D eigenvalue weighted by Crippen LogP contribution is 2.34. The van der Waals surface area contributed by atoms with Crippen molar-refractivity contribution >= 4 is 47.4 Å². The molecule has 0 bridgehead atoms. The highest BCUT2D eigenvalue weighted by atomic mass is 32.2. The van der Waals surface area contributed by atoms with Gasteiger partial charge in [-0.25, -0.2) is 9.59 Å². The molecule has 4 aliphatic heterocycles. The van der Waals surface area contributed by atoms with Crippen LogP contribution in [0.2, 0.25) is 0 Å². The van der Waals surface area contributed by atoms with Gasteiger partial charge in [0.2, 0.25) is 11.8 Å². The minimum atomic E-state index is -0.0620. The van der Waals surface area contributed by atoms with Crippen molar-refractivity contribution in [1.29, 1.82) is 0 Å². The number of fused-ring (bicyclic) bond motifs is 2. The van der Waals surface area contributed by atoms with E-state index in [1.165, 1.54) is 0 Å². The third-order valence-electron chi connectivity index (χ3n) is 8.41. The van der Waals surface area contributed by atoms with Gasteiger partial charge in [0.25, 0.3) is 0 Å². The Balaban J connectivity index is 0.814. The molecule has 0 aliphatic carbocycles. The summed E-state index contributed by atoms with van der Waals surface area (Å²) in [6.07, 6.45) is 6.65. The van der Waals surface area contributed by atoms with Crippen LogP contribution in [0.4, 0.5) is 9.59 Å². The van der Waals surface area contributed by atoms with E-state index in [0.29, 0.717) is 89.3 Å². The molecular weight excluding hydrogens is 636 g/mol. The largest absolute Gasteiger partial charge is 0.377 e. The van der Waals surface area contributed by atoms with Crippen molar-refractivity contribution in [2.75, 3.05) is 77.5 Å². The Morgan fingerprint density at radius 3 is 1.39 bits per heavy atom. The molecule has 0 aromatic carbocycles. The fraction of sp³-hybridized carbons (Fsp3) is 0.867. The van der Waals surface area contributed by atoms with Crippen LogP contribution < -0.4 is 31.9 Å². The van der Waals surface area contributed by atoms with Crippen LogP contribution in [0, 0.1) is 0 Å². The van der Waals surface area contributed by atoms with Crippen LogP contribution in [0.5, 0.6) is 0 Å². The molecule has 4 rings (SSSR count). The van der Waals surface area contributed by atoms with E-state index < -0.39 is 0 Å². The zero-order chi connectivity index (χ0) is 32.4. The number of thioether (sulfide) groups is 2. The summed E-state index contributed by atoms with van der Waals surface area (Å²) in [7, 11) is 0. The highest BCUT2D eigenvalue weighted by Gasteiger charge is 2.43. The number of hydrogen-bond acceptors (Lipinski definition) is 10. The molecule has 6 amide bonds. The number of carbonyl (C=O) groups excluding carboxylic acids is 4. The summed E-state index contributed by atoms with van der Waals surface area (Å²) in [5, 5.41) is 18.5. The summed E-state index contributed by atoms with van der Waals surface area (Å²) in [5.74, 6) is 2.00. The Hall–Kier alpha value is -1.98. The minimum absolute atomic E-state index is 0.0396. The Bertz CT molecular complexity index is 894. The first-order chi connectivity index (χ1) is 22.5. The maximum atomic E-state index is 12.0. The first-order valence-electron chi connectivity index (χ1n) is 16.7. The van der Waals surface area contributed by atoms with Crippen molar-refractivity contribution in [1.82, 2.24) is 31.9 Å².